The lowest BCUT2D eigenvalue weighted by Crippen LogP contribution is -2.39. The summed E-state index contributed by atoms with van der Waals surface area (Å²) in [6.45, 7) is 6.90. The van der Waals surface area contributed by atoms with Crippen LogP contribution in [0, 0.1) is 5.92 Å². The fourth-order valence-corrected chi connectivity index (χ4v) is 2.66. The van der Waals surface area contributed by atoms with Crippen molar-refractivity contribution in [1.29, 1.82) is 0 Å². The largest absolute Gasteiger partial charge is 0.490 e. The van der Waals surface area contributed by atoms with Crippen molar-refractivity contribution in [3.8, 4) is 11.5 Å². The van der Waals surface area contributed by atoms with Gasteiger partial charge in [0.15, 0.2) is 11.5 Å². The van der Waals surface area contributed by atoms with E-state index in [1.54, 1.807) is 12.1 Å². The zero-order valence-corrected chi connectivity index (χ0v) is 18.0. The number of nitrogens with one attached hydrogen (secondary N) is 2. The van der Waals surface area contributed by atoms with E-state index in [1.165, 1.54) is 6.21 Å². The second-order valence-electron chi connectivity index (χ2n) is 6.84. The first-order valence-corrected chi connectivity index (χ1v) is 10.0. The minimum absolute atomic E-state index is 0.243. The molecule has 0 unspecified atom stereocenters. The number of benzene rings is 2. The molecule has 0 heterocycles. The summed E-state index contributed by atoms with van der Waals surface area (Å²) in [6, 6.07) is 13.0. The molecule has 30 heavy (non-hydrogen) atoms. The molecule has 2 N–H and O–H groups in total. The van der Waals surface area contributed by atoms with Crippen molar-refractivity contribution in [2.45, 2.75) is 27.4 Å². The first-order valence-electron chi connectivity index (χ1n) is 9.65. The minimum atomic E-state index is -0.842. The van der Waals surface area contributed by atoms with Crippen molar-refractivity contribution in [3.63, 3.8) is 0 Å². The maximum absolute atomic E-state index is 11.7. The van der Waals surface area contributed by atoms with E-state index in [0.717, 1.165) is 5.56 Å². The topological polar surface area (TPSA) is 89.0 Å². The molecule has 0 radical (unpaired) electrons. The number of hydrogen-bond donors (Lipinski definition) is 2. The summed E-state index contributed by atoms with van der Waals surface area (Å²) in [7, 11) is 0. The first kappa shape index (κ1) is 23.2. The van der Waals surface area contributed by atoms with Gasteiger partial charge in [-0.15, -0.1) is 0 Å². The molecule has 2 aromatic carbocycles. The van der Waals surface area contributed by atoms with Gasteiger partial charge >= 0.3 is 11.8 Å². The molecule has 0 aliphatic carbocycles. The number of nitrogens with zero attached hydrogens (tertiary/aromatic N) is 1. The number of hydrazone groups is 1. The lowest BCUT2D eigenvalue weighted by Gasteiger charge is -2.14. The molecule has 0 fully saturated rings. The van der Waals surface area contributed by atoms with Crippen LogP contribution in [0.25, 0.3) is 0 Å². The molecule has 7 nitrogen and oxygen atoms in total. The molecule has 0 bridgehead atoms. The van der Waals surface area contributed by atoms with Crippen LogP contribution in [-0.2, 0) is 16.2 Å². The Morgan fingerprint density at radius 1 is 1.13 bits per heavy atom. The van der Waals surface area contributed by atoms with Crippen LogP contribution in [0.1, 0.15) is 31.9 Å². The molecular formula is C22H26ClN3O4. The van der Waals surface area contributed by atoms with E-state index < -0.39 is 11.8 Å². The van der Waals surface area contributed by atoms with E-state index >= 15 is 0 Å². The first-order chi connectivity index (χ1) is 14.4. The van der Waals surface area contributed by atoms with Gasteiger partial charge in [0.1, 0.15) is 6.61 Å². The predicted molar refractivity (Wildman–Crippen MR) is 117 cm³/mol. The number of hydrogen-bond acceptors (Lipinski definition) is 5. The van der Waals surface area contributed by atoms with Crippen LogP contribution in [0.4, 0.5) is 0 Å². The summed E-state index contributed by atoms with van der Waals surface area (Å²) in [5, 5.41) is 6.68. The zero-order valence-electron chi connectivity index (χ0n) is 17.3. The van der Waals surface area contributed by atoms with Crippen LogP contribution in [0.2, 0.25) is 5.02 Å². The van der Waals surface area contributed by atoms with Crippen molar-refractivity contribution in [1.82, 2.24) is 10.7 Å². The van der Waals surface area contributed by atoms with Gasteiger partial charge < -0.3 is 14.8 Å². The van der Waals surface area contributed by atoms with Gasteiger partial charge in [-0.05, 0) is 36.1 Å². The van der Waals surface area contributed by atoms with Crippen molar-refractivity contribution >= 4 is 29.6 Å². The van der Waals surface area contributed by atoms with Crippen LogP contribution < -0.4 is 20.2 Å². The fraction of sp³-hybridized carbons (Fsp3) is 0.318. The van der Waals surface area contributed by atoms with E-state index in [1.807, 2.05) is 51.1 Å². The minimum Gasteiger partial charge on any atom is -0.490 e. The molecular weight excluding hydrogens is 406 g/mol. The summed E-state index contributed by atoms with van der Waals surface area (Å²) in [4.78, 5) is 23.4. The Morgan fingerprint density at radius 2 is 1.87 bits per heavy atom. The maximum Gasteiger partial charge on any atom is 0.329 e. The Kier molecular flexibility index (Phi) is 9.15. The van der Waals surface area contributed by atoms with E-state index in [0.29, 0.717) is 41.8 Å². The summed E-state index contributed by atoms with van der Waals surface area (Å²) >= 11 is 6.38. The smallest absolute Gasteiger partial charge is 0.329 e. The summed E-state index contributed by atoms with van der Waals surface area (Å²) in [5.74, 6) is -0.448. The normalized spacial score (nSPS) is 10.8. The SMILES string of the molecule is CCOc1cc(/C=N\NC(=O)C(=O)NCC(C)C)cc(Cl)c1OCc1ccccc1. The average molecular weight is 432 g/mol. The van der Waals surface area contributed by atoms with Crippen LogP contribution in [0.3, 0.4) is 0 Å². The van der Waals surface area contributed by atoms with Gasteiger partial charge in [-0.1, -0.05) is 55.8 Å². The third kappa shape index (κ3) is 7.40. The van der Waals surface area contributed by atoms with Gasteiger partial charge in [-0.25, -0.2) is 5.43 Å². The fourth-order valence-electron chi connectivity index (χ4n) is 2.39. The van der Waals surface area contributed by atoms with Gasteiger partial charge in [0.05, 0.1) is 17.8 Å². The number of carbonyl (C=O) groups is 2. The van der Waals surface area contributed by atoms with Gasteiger partial charge in [-0.3, -0.25) is 9.59 Å². The molecule has 2 amide bonds. The molecule has 0 aliphatic heterocycles. The highest BCUT2D eigenvalue weighted by molar-refractivity contribution is 6.35. The highest BCUT2D eigenvalue weighted by Gasteiger charge is 2.14. The van der Waals surface area contributed by atoms with Crippen LogP contribution in [-0.4, -0.2) is 31.2 Å². The Bertz CT molecular complexity index is 885. The summed E-state index contributed by atoms with van der Waals surface area (Å²) in [5.41, 5.74) is 3.77. The maximum atomic E-state index is 11.7. The lowest BCUT2D eigenvalue weighted by atomic mass is 10.2. The standard InChI is InChI=1S/C22H26ClN3O4/c1-4-29-19-11-17(13-25-26-22(28)21(27)24-12-15(2)3)10-18(23)20(19)30-14-16-8-6-5-7-9-16/h5-11,13,15H,4,12,14H2,1-3H3,(H,24,27)(H,26,28)/b25-13-. The van der Waals surface area contributed by atoms with Crippen LogP contribution in [0.5, 0.6) is 11.5 Å². The summed E-state index contributed by atoms with van der Waals surface area (Å²) in [6.07, 6.45) is 1.38. The van der Waals surface area contributed by atoms with E-state index in [4.69, 9.17) is 21.1 Å². The summed E-state index contributed by atoms with van der Waals surface area (Å²) < 4.78 is 11.5. The van der Waals surface area contributed by atoms with Gasteiger partial charge in [0.25, 0.3) is 0 Å². The monoisotopic (exact) mass is 431 g/mol. The van der Waals surface area contributed by atoms with Crippen molar-refractivity contribution < 1.29 is 19.1 Å². The number of rotatable bonds is 9. The molecule has 160 valence electrons. The molecule has 0 atom stereocenters. The number of ether oxygens (including phenoxy) is 2. The van der Waals surface area contributed by atoms with Crippen molar-refractivity contribution in [2.24, 2.45) is 11.0 Å². The average Bonchev–Trinajstić information content (AvgIpc) is 2.72. The molecule has 8 heteroatoms. The molecule has 2 aromatic rings. The Morgan fingerprint density at radius 3 is 2.53 bits per heavy atom. The Hall–Kier alpha value is -3.06. The van der Waals surface area contributed by atoms with Crippen molar-refractivity contribution in [2.75, 3.05) is 13.2 Å². The number of carbonyl (C=O) groups excluding carboxylic acids is 2. The third-order valence-electron chi connectivity index (χ3n) is 3.81. The Balaban J connectivity index is 2.05. The van der Waals surface area contributed by atoms with Crippen LogP contribution in [0.15, 0.2) is 47.6 Å². The molecule has 0 aromatic heterocycles. The predicted octanol–water partition coefficient (Wildman–Crippen LogP) is 3.54. The van der Waals surface area contributed by atoms with E-state index in [2.05, 4.69) is 15.8 Å². The highest BCUT2D eigenvalue weighted by atomic mass is 35.5. The molecule has 0 aliphatic rings. The van der Waals surface area contributed by atoms with Gasteiger partial charge in [-0.2, -0.15) is 5.10 Å². The van der Waals surface area contributed by atoms with Crippen LogP contribution >= 0.6 is 11.6 Å². The molecule has 0 saturated heterocycles. The lowest BCUT2D eigenvalue weighted by molar-refractivity contribution is -0.139. The zero-order chi connectivity index (χ0) is 21.9. The third-order valence-corrected chi connectivity index (χ3v) is 4.10. The number of amides is 2. The van der Waals surface area contributed by atoms with E-state index in [-0.39, 0.29) is 5.92 Å². The van der Waals surface area contributed by atoms with E-state index in [9.17, 15) is 9.59 Å². The van der Waals surface area contributed by atoms with Gasteiger partial charge in [0.2, 0.25) is 0 Å². The van der Waals surface area contributed by atoms with Crippen molar-refractivity contribution in [3.05, 3.63) is 58.6 Å². The quantitative estimate of drug-likeness (QED) is 0.361. The molecule has 2 rings (SSSR count). The molecule has 0 saturated carbocycles. The van der Waals surface area contributed by atoms with Gasteiger partial charge in [0, 0.05) is 6.54 Å². The second kappa shape index (κ2) is 11.8. The Labute approximate surface area is 181 Å². The number of halogens is 1. The second-order valence-corrected chi connectivity index (χ2v) is 7.25. The highest BCUT2D eigenvalue weighted by Crippen LogP contribution is 2.36. The molecule has 0 spiro atoms.